The van der Waals surface area contributed by atoms with Crippen LogP contribution in [-0.4, -0.2) is 28.9 Å². The summed E-state index contributed by atoms with van der Waals surface area (Å²) >= 11 is 1.54. The van der Waals surface area contributed by atoms with Crippen molar-refractivity contribution in [3.63, 3.8) is 0 Å². The van der Waals surface area contributed by atoms with Crippen LogP contribution in [0.5, 0.6) is 0 Å². The second kappa shape index (κ2) is 4.47. The molecular weight excluding hydrogens is 206 g/mol. The number of rotatable bonds is 2. The lowest BCUT2D eigenvalue weighted by atomic mass is 10.2. The summed E-state index contributed by atoms with van der Waals surface area (Å²) in [5, 5.41) is 4.20. The highest BCUT2D eigenvalue weighted by atomic mass is 32.2. The smallest absolute Gasteiger partial charge is 0.264 e. The maximum atomic E-state index is 12.5. The highest BCUT2D eigenvalue weighted by molar-refractivity contribution is 8.14. The number of nitrogens with one attached hydrogen (secondary N) is 1. The zero-order valence-electron chi connectivity index (χ0n) is 8.68. The maximum Gasteiger partial charge on any atom is 0.264 e. The van der Waals surface area contributed by atoms with Crippen LogP contribution in [-0.2, 0) is 0 Å². The van der Waals surface area contributed by atoms with Crippen molar-refractivity contribution in [1.82, 2.24) is 5.32 Å². The van der Waals surface area contributed by atoms with Gasteiger partial charge in [0, 0.05) is 18.2 Å². The molecule has 14 heavy (non-hydrogen) atoms. The van der Waals surface area contributed by atoms with Crippen LogP contribution in [0.2, 0.25) is 0 Å². The number of aliphatic imine (C=N–C) groups is 1. The fourth-order valence-corrected chi connectivity index (χ4v) is 2.51. The Kier molecular flexibility index (Phi) is 3.75. The standard InChI is InChI=1S/C9H16F2N2S/c1-6-4-7(2)14-8(13-6)12-5-9(3,10)11/h6-7H,4-5H2,1-3H3,(H,12,13). The van der Waals surface area contributed by atoms with E-state index in [1.165, 1.54) is 11.8 Å². The van der Waals surface area contributed by atoms with Crippen molar-refractivity contribution in [1.29, 1.82) is 0 Å². The van der Waals surface area contributed by atoms with Gasteiger partial charge in [0.1, 0.15) is 6.54 Å². The van der Waals surface area contributed by atoms with Crippen LogP contribution in [0.4, 0.5) is 8.78 Å². The summed E-state index contributed by atoms with van der Waals surface area (Å²) in [5.41, 5.74) is 0. The summed E-state index contributed by atoms with van der Waals surface area (Å²) in [5.74, 6) is -2.71. The normalized spacial score (nSPS) is 31.6. The van der Waals surface area contributed by atoms with E-state index in [9.17, 15) is 8.78 Å². The molecule has 1 saturated heterocycles. The summed E-state index contributed by atoms with van der Waals surface area (Å²) < 4.78 is 25.1. The third kappa shape index (κ3) is 4.26. The molecule has 0 spiro atoms. The zero-order valence-corrected chi connectivity index (χ0v) is 9.50. The Bertz CT molecular complexity index is 213. The van der Waals surface area contributed by atoms with Crippen LogP contribution < -0.4 is 5.32 Å². The molecule has 1 rings (SSSR count). The topological polar surface area (TPSA) is 24.4 Å². The van der Waals surface area contributed by atoms with E-state index >= 15 is 0 Å². The lowest BCUT2D eigenvalue weighted by Gasteiger charge is -2.27. The molecule has 0 aromatic rings. The molecule has 0 aromatic heterocycles. The quantitative estimate of drug-likeness (QED) is 0.776. The Morgan fingerprint density at radius 3 is 2.71 bits per heavy atom. The van der Waals surface area contributed by atoms with Gasteiger partial charge in [-0.2, -0.15) is 0 Å². The molecule has 1 N–H and O–H groups in total. The third-order valence-corrected chi connectivity index (χ3v) is 2.93. The highest BCUT2D eigenvalue weighted by Crippen LogP contribution is 2.23. The second-order valence-corrected chi connectivity index (χ2v) is 5.33. The summed E-state index contributed by atoms with van der Waals surface area (Å²) in [6, 6.07) is 0.329. The van der Waals surface area contributed by atoms with E-state index in [0.29, 0.717) is 16.5 Å². The van der Waals surface area contributed by atoms with E-state index in [2.05, 4.69) is 17.2 Å². The molecular formula is C9H16F2N2S. The zero-order chi connectivity index (χ0) is 10.8. The number of alkyl halides is 2. The molecule has 1 fully saturated rings. The Hall–Kier alpha value is -0.320. The Morgan fingerprint density at radius 1 is 1.57 bits per heavy atom. The van der Waals surface area contributed by atoms with Crippen LogP contribution in [0.1, 0.15) is 27.2 Å². The molecule has 1 heterocycles. The van der Waals surface area contributed by atoms with Gasteiger partial charge in [-0.05, 0) is 13.3 Å². The lowest BCUT2D eigenvalue weighted by Crippen LogP contribution is -2.39. The number of hydrogen-bond acceptors (Lipinski definition) is 2. The average Bonchev–Trinajstić information content (AvgIpc) is 1.97. The first-order chi connectivity index (χ1) is 6.37. The van der Waals surface area contributed by atoms with Crippen molar-refractivity contribution in [2.75, 3.05) is 6.54 Å². The van der Waals surface area contributed by atoms with Crippen LogP contribution in [0.3, 0.4) is 0 Å². The minimum atomic E-state index is -2.71. The minimum Gasteiger partial charge on any atom is -0.362 e. The predicted octanol–water partition coefficient (Wildman–Crippen LogP) is 2.50. The van der Waals surface area contributed by atoms with Crippen molar-refractivity contribution in [3.8, 4) is 0 Å². The fourth-order valence-electron chi connectivity index (χ4n) is 1.33. The van der Waals surface area contributed by atoms with Gasteiger partial charge in [-0.25, -0.2) is 8.78 Å². The first-order valence-electron chi connectivity index (χ1n) is 4.72. The van der Waals surface area contributed by atoms with Gasteiger partial charge in [0.2, 0.25) is 0 Å². The van der Waals surface area contributed by atoms with E-state index < -0.39 is 12.5 Å². The molecule has 5 heteroatoms. The van der Waals surface area contributed by atoms with Crippen LogP contribution in [0.25, 0.3) is 0 Å². The van der Waals surface area contributed by atoms with Gasteiger partial charge in [-0.15, -0.1) is 0 Å². The highest BCUT2D eigenvalue weighted by Gasteiger charge is 2.23. The molecule has 82 valence electrons. The third-order valence-electron chi connectivity index (χ3n) is 1.87. The van der Waals surface area contributed by atoms with Gasteiger partial charge in [0.15, 0.2) is 5.17 Å². The van der Waals surface area contributed by atoms with Gasteiger partial charge in [-0.3, -0.25) is 4.99 Å². The molecule has 0 bridgehead atoms. The fraction of sp³-hybridized carbons (Fsp3) is 0.889. The van der Waals surface area contributed by atoms with E-state index in [-0.39, 0.29) is 0 Å². The van der Waals surface area contributed by atoms with Crippen LogP contribution in [0, 0.1) is 0 Å². The van der Waals surface area contributed by atoms with E-state index in [4.69, 9.17) is 0 Å². The summed E-state index contributed by atoms with van der Waals surface area (Å²) in [6.07, 6.45) is 1.05. The van der Waals surface area contributed by atoms with Crippen molar-refractivity contribution in [2.24, 2.45) is 4.99 Å². The molecule has 2 atom stereocenters. The SMILES string of the molecule is CC1CC(C)SC(=NCC(C)(F)F)N1. The molecule has 1 aliphatic heterocycles. The van der Waals surface area contributed by atoms with E-state index in [1.807, 2.05) is 6.92 Å². The second-order valence-electron chi connectivity index (χ2n) is 3.90. The molecule has 0 aromatic carbocycles. The van der Waals surface area contributed by atoms with Gasteiger partial charge in [0.05, 0.1) is 0 Å². The molecule has 0 saturated carbocycles. The first kappa shape index (κ1) is 11.8. The van der Waals surface area contributed by atoms with Crippen LogP contribution in [0.15, 0.2) is 4.99 Å². The van der Waals surface area contributed by atoms with Crippen molar-refractivity contribution < 1.29 is 8.78 Å². The maximum absolute atomic E-state index is 12.5. The molecule has 0 amide bonds. The van der Waals surface area contributed by atoms with Gasteiger partial charge >= 0.3 is 0 Å². The van der Waals surface area contributed by atoms with Crippen molar-refractivity contribution in [2.45, 2.75) is 44.4 Å². The molecule has 0 radical (unpaired) electrons. The largest absolute Gasteiger partial charge is 0.362 e. The first-order valence-corrected chi connectivity index (χ1v) is 5.60. The summed E-state index contributed by atoms with van der Waals surface area (Å²) in [7, 11) is 0. The van der Waals surface area contributed by atoms with Gasteiger partial charge in [-0.1, -0.05) is 18.7 Å². The van der Waals surface area contributed by atoms with Gasteiger partial charge < -0.3 is 5.32 Å². The van der Waals surface area contributed by atoms with Crippen molar-refractivity contribution >= 4 is 16.9 Å². The number of thioether (sulfide) groups is 1. The summed E-state index contributed by atoms with van der Waals surface area (Å²) in [6.45, 7) is 4.58. The predicted molar refractivity (Wildman–Crippen MR) is 57.2 cm³/mol. The van der Waals surface area contributed by atoms with Gasteiger partial charge in [0.25, 0.3) is 5.92 Å². The number of hydrogen-bond donors (Lipinski definition) is 1. The Morgan fingerprint density at radius 2 is 2.21 bits per heavy atom. The number of halogens is 2. The van der Waals surface area contributed by atoms with E-state index in [1.54, 1.807) is 0 Å². The lowest BCUT2D eigenvalue weighted by molar-refractivity contribution is 0.0327. The molecule has 0 aliphatic carbocycles. The summed E-state index contributed by atoms with van der Waals surface area (Å²) in [4.78, 5) is 3.87. The Balaban J connectivity index is 2.51. The number of nitrogens with zero attached hydrogens (tertiary/aromatic N) is 1. The van der Waals surface area contributed by atoms with Crippen LogP contribution >= 0.6 is 11.8 Å². The molecule has 1 aliphatic rings. The van der Waals surface area contributed by atoms with Crippen molar-refractivity contribution in [3.05, 3.63) is 0 Å². The van der Waals surface area contributed by atoms with E-state index in [0.717, 1.165) is 13.3 Å². The monoisotopic (exact) mass is 222 g/mol. The minimum absolute atomic E-state index is 0.329. The Labute approximate surface area is 87.6 Å². The average molecular weight is 222 g/mol. The molecule has 2 nitrogen and oxygen atoms in total. The molecule has 2 unspecified atom stereocenters. The number of amidine groups is 1.